The van der Waals surface area contributed by atoms with Gasteiger partial charge in [0.2, 0.25) is 0 Å². The molecular formula is C15H25NO4. The predicted octanol–water partition coefficient (Wildman–Crippen LogP) is 0.910. The van der Waals surface area contributed by atoms with E-state index in [1.165, 1.54) is 0 Å². The zero-order chi connectivity index (χ0) is 13.8. The molecule has 1 N–H and O–H groups in total. The smallest absolute Gasteiger partial charge is 0.137 e. The van der Waals surface area contributed by atoms with Crippen molar-refractivity contribution >= 4 is 5.78 Å². The van der Waals surface area contributed by atoms with Crippen LogP contribution in [0.15, 0.2) is 0 Å². The van der Waals surface area contributed by atoms with Crippen molar-refractivity contribution in [1.82, 2.24) is 5.32 Å². The molecule has 3 saturated heterocycles. The lowest BCUT2D eigenvalue weighted by Crippen LogP contribution is -2.47. The average Bonchev–Trinajstić information content (AvgIpc) is 2.49. The summed E-state index contributed by atoms with van der Waals surface area (Å²) < 4.78 is 16.9. The standard InChI is InChI=1S/C15H25NO4/c17-14(9-13-11-19-8-4-16-13)12-1-5-20-15(10-12)2-6-18-7-3-15/h12-13,16H,1-11H2. The highest BCUT2D eigenvalue weighted by Gasteiger charge is 2.41. The molecule has 0 amide bonds. The monoisotopic (exact) mass is 283 g/mol. The third-order valence-electron chi connectivity index (χ3n) is 4.80. The molecule has 3 fully saturated rings. The third-order valence-corrected chi connectivity index (χ3v) is 4.80. The Kier molecular flexibility index (Phi) is 4.71. The summed E-state index contributed by atoms with van der Waals surface area (Å²) in [5.74, 6) is 0.535. The molecule has 0 aromatic heterocycles. The maximum atomic E-state index is 12.5. The van der Waals surface area contributed by atoms with E-state index in [0.717, 1.165) is 52.0 Å². The Balaban J connectivity index is 1.54. The van der Waals surface area contributed by atoms with E-state index in [2.05, 4.69) is 5.32 Å². The van der Waals surface area contributed by atoms with E-state index < -0.39 is 0 Å². The number of hydrogen-bond acceptors (Lipinski definition) is 5. The van der Waals surface area contributed by atoms with Gasteiger partial charge in [0, 0.05) is 44.7 Å². The molecule has 3 aliphatic rings. The van der Waals surface area contributed by atoms with Crippen molar-refractivity contribution in [2.45, 2.75) is 43.7 Å². The van der Waals surface area contributed by atoms with Crippen molar-refractivity contribution in [2.24, 2.45) is 5.92 Å². The van der Waals surface area contributed by atoms with Gasteiger partial charge >= 0.3 is 0 Å². The highest BCUT2D eigenvalue weighted by atomic mass is 16.5. The molecule has 2 unspecified atom stereocenters. The second kappa shape index (κ2) is 6.52. The van der Waals surface area contributed by atoms with Crippen molar-refractivity contribution in [2.75, 3.05) is 39.6 Å². The summed E-state index contributed by atoms with van der Waals surface area (Å²) in [6.07, 6.45) is 4.21. The van der Waals surface area contributed by atoms with Crippen molar-refractivity contribution in [3.63, 3.8) is 0 Å². The highest BCUT2D eigenvalue weighted by Crippen LogP contribution is 2.37. The Hall–Kier alpha value is -0.490. The predicted molar refractivity (Wildman–Crippen MR) is 73.7 cm³/mol. The molecule has 1 spiro atoms. The topological polar surface area (TPSA) is 56.8 Å². The second-order valence-corrected chi connectivity index (χ2v) is 6.23. The number of rotatable bonds is 3. The lowest BCUT2D eigenvalue weighted by atomic mass is 9.78. The maximum Gasteiger partial charge on any atom is 0.137 e. The Morgan fingerprint density at radius 3 is 2.75 bits per heavy atom. The maximum absolute atomic E-state index is 12.5. The van der Waals surface area contributed by atoms with Crippen LogP contribution in [0.25, 0.3) is 0 Å². The molecule has 0 aromatic rings. The van der Waals surface area contributed by atoms with Gasteiger partial charge in [0.05, 0.1) is 18.8 Å². The fraction of sp³-hybridized carbons (Fsp3) is 0.933. The summed E-state index contributed by atoms with van der Waals surface area (Å²) in [6, 6.07) is 0.199. The van der Waals surface area contributed by atoms with Crippen LogP contribution < -0.4 is 5.32 Å². The van der Waals surface area contributed by atoms with Gasteiger partial charge in [-0.1, -0.05) is 0 Å². The summed E-state index contributed by atoms with van der Waals surface area (Å²) in [5.41, 5.74) is -0.0900. The van der Waals surface area contributed by atoms with E-state index in [9.17, 15) is 4.79 Å². The lowest BCUT2D eigenvalue weighted by molar-refractivity contribution is -0.157. The fourth-order valence-corrected chi connectivity index (χ4v) is 3.55. The molecule has 2 atom stereocenters. The number of nitrogens with one attached hydrogen (secondary N) is 1. The molecule has 0 radical (unpaired) electrons. The largest absolute Gasteiger partial charge is 0.381 e. The van der Waals surface area contributed by atoms with Crippen LogP contribution in [0.3, 0.4) is 0 Å². The van der Waals surface area contributed by atoms with Crippen LogP contribution in [0.2, 0.25) is 0 Å². The van der Waals surface area contributed by atoms with E-state index in [-0.39, 0.29) is 17.6 Å². The zero-order valence-electron chi connectivity index (χ0n) is 12.1. The van der Waals surface area contributed by atoms with Crippen LogP contribution in [0.5, 0.6) is 0 Å². The van der Waals surface area contributed by atoms with Gasteiger partial charge in [0.1, 0.15) is 5.78 Å². The molecular weight excluding hydrogens is 258 g/mol. The van der Waals surface area contributed by atoms with Gasteiger partial charge in [-0.15, -0.1) is 0 Å². The number of carbonyl (C=O) groups is 1. The highest BCUT2D eigenvalue weighted by molar-refractivity contribution is 5.81. The molecule has 3 heterocycles. The van der Waals surface area contributed by atoms with E-state index in [1.54, 1.807) is 0 Å². The molecule has 0 saturated carbocycles. The summed E-state index contributed by atoms with van der Waals surface area (Å²) in [4.78, 5) is 12.5. The summed E-state index contributed by atoms with van der Waals surface area (Å²) >= 11 is 0. The minimum atomic E-state index is -0.0900. The lowest BCUT2D eigenvalue weighted by Gasteiger charge is -2.43. The third kappa shape index (κ3) is 3.39. The van der Waals surface area contributed by atoms with Gasteiger partial charge in [-0.05, 0) is 25.7 Å². The van der Waals surface area contributed by atoms with Crippen molar-refractivity contribution in [3.8, 4) is 0 Å². The van der Waals surface area contributed by atoms with Crippen LogP contribution >= 0.6 is 0 Å². The Morgan fingerprint density at radius 1 is 1.15 bits per heavy atom. The molecule has 20 heavy (non-hydrogen) atoms. The molecule has 0 aromatic carbocycles. The molecule has 0 bridgehead atoms. The first kappa shape index (κ1) is 14.4. The second-order valence-electron chi connectivity index (χ2n) is 6.23. The first-order valence-corrected chi connectivity index (χ1v) is 7.83. The molecule has 5 nitrogen and oxygen atoms in total. The van der Waals surface area contributed by atoms with Crippen LogP contribution in [0.4, 0.5) is 0 Å². The zero-order valence-corrected chi connectivity index (χ0v) is 12.1. The summed E-state index contributed by atoms with van der Waals surface area (Å²) in [5, 5.41) is 3.36. The molecule has 3 aliphatic heterocycles. The summed E-state index contributed by atoms with van der Waals surface area (Å²) in [7, 11) is 0. The van der Waals surface area contributed by atoms with Gasteiger partial charge in [0.25, 0.3) is 0 Å². The quantitative estimate of drug-likeness (QED) is 0.834. The normalized spacial score (nSPS) is 34.0. The molecule has 3 rings (SSSR count). The van der Waals surface area contributed by atoms with Crippen LogP contribution in [-0.4, -0.2) is 57.0 Å². The first-order chi connectivity index (χ1) is 9.77. The number of morpholine rings is 1. The summed E-state index contributed by atoms with van der Waals surface area (Å²) in [6.45, 7) is 4.51. The molecule has 0 aliphatic carbocycles. The van der Waals surface area contributed by atoms with Crippen molar-refractivity contribution < 1.29 is 19.0 Å². The Morgan fingerprint density at radius 2 is 2.00 bits per heavy atom. The molecule has 5 heteroatoms. The van der Waals surface area contributed by atoms with E-state index >= 15 is 0 Å². The first-order valence-electron chi connectivity index (χ1n) is 7.83. The van der Waals surface area contributed by atoms with Crippen LogP contribution in [-0.2, 0) is 19.0 Å². The van der Waals surface area contributed by atoms with Crippen molar-refractivity contribution in [3.05, 3.63) is 0 Å². The van der Waals surface area contributed by atoms with E-state index in [4.69, 9.17) is 14.2 Å². The van der Waals surface area contributed by atoms with E-state index in [1.807, 2.05) is 0 Å². The fourth-order valence-electron chi connectivity index (χ4n) is 3.55. The number of ketones is 1. The van der Waals surface area contributed by atoms with Crippen LogP contribution in [0.1, 0.15) is 32.1 Å². The minimum Gasteiger partial charge on any atom is -0.381 e. The van der Waals surface area contributed by atoms with Gasteiger partial charge in [-0.25, -0.2) is 0 Å². The van der Waals surface area contributed by atoms with Gasteiger partial charge in [-0.3, -0.25) is 4.79 Å². The van der Waals surface area contributed by atoms with Gasteiger partial charge < -0.3 is 19.5 Å². The Labute approximate surface area is 120 Å². The number of carbonyl (C=O) groups excluding carboxylic acids is 1. The number of ether oxygens (including phenoxy) is 3. The average molecular weight is 283 g/mol. The molecule has 114 valence electrons. The van der Waals surface area contributed by atoms with Gasteiger partial charge in [-0.2, -0.15) is 0 Å². The van der Waals surface area contributed by atoms with Gasteiger partial charge in [0.15, 0.2) is 0 Å². The number of hydrogen-bond donors (Lipinski definition) is 1. The number of Topliss-reactive ketones (excluding diaryl/α,β-unsaturated/α-hetero) is 1. The van der Waals surface area contributed by atoms with Crippen molar-refractivity contribution in [1.29, 1.82) is 0 Å². The minimum absolute atomic E-state index is 0.0900. The van der Waals surface area contributed by atoms with E-state index in [0.29, 0.717) is 25.4 Å². The SMILES string of the molecule is O=C(CC1COCCN1)C1CCOC2(CCOCC2)C1. The Bertz CT molecular complexity index is 329. The van der Waals surface area contributed by atoms with Crippen LogP contribution in [0, 0.1) is 5.92 Å².